The van der Waals surface area contributed by atoms with Crippen molar-refractivity contribution in [3.05, 3.63) is 41.2 Å². The Bertz CT molecular complexity index is 668. The fourth-order valence-electron chi connectivity index (χ4n) is 2.50. The predicted octanol–water partition coefficient (Wildman–Crippen LogP) is 1.47. The number of aryl methyl sites for hydroxylation is 2. The van der Waals surface area contributed by atoms with Gasteiger partial charge in [0.05, 0.1) is 11.4 Å². The average Bonchev–Trinajstić information content (AvgIpc) is 2.97. The van der Waals surface area contributed by atoms with E-state index < -0.39 is 5.97 Å². The second-order valence-electron chi connectivity index (χ2n) is 5.12. The van der Waals surface area contributed by atoms with Crippen LogP contribution >= 0.6 is 0 Å². The molecule has 0 amide bonds. The van der Waals surface area contributed by atoms with Crippen LogP contribution in [0.3, 0.4) is 0 Å². The smallest absolute Gasteiger partial charge is 0.358 e. The topological polar surface area (TPSA) is 79.4 Å². The van der Waals surface area contributed by atoms with Crippen LogP contribution in [0.1, 0.15) is 21.7 Å². The molecule has 0 spiro atoms. The number of anilines is 1. The number of aromatic nitrogens is 2. The minimum Gasteiger partial charge on any atom is -0.486 e. The maximum atomic E-state index is 12.1. The molecule has 3 rings (SSSR count). The Labute approximate surface area is 122 Å². The fourth-order valence-corrected chi connectivity index (χ4v) is 2.50. The third-order valence-electron chi connectivity index (χ3n) is 3.58. The van der Waals surface area contributed by atoms with Crippen molar-refractivity contribution >= 4 is 11.7 Å². The summed E-state index contributed by atoms with van der Waals surface area (Å²) in [5, 5.41) is 4.10. The quantitative estimate of drug-likeness (QED) is 0.865. The van der Waals surface area contributed by atoms with E-state index in [0.29, 0.717) is 11.4 Å². The third-order valence-corrected chi connectivity index (χ3v) is 3.58. The zero-order valence-electron chi connectivity index (χ0n) is 12.0. The second-order valence-corrected chi connectivity index (χ2v) is 5.12. The molecular formula is C15H17N3O3. The fraction of sp³-hybridized carbons (Fsp3) is 0.333. The average molecular weight is 287 g/mol. The summed E-state index contributed by atoms with van der Waals surface area (Å²) in [6.45, 7) is 1.94. The van der Waals surface area contributed by atoms with Crippen LogP contribution in [0.2, 0.25) is 0 Å². The Balaban J connectivity index is 1.63. The highest BCUT2D eigenvalue weighted by atomic mass is 16.6. The van der Waals surface area contributed by atoms with E-state index in [-0.39, 0.29) is 18.4 Å². The summed E-state index contributed by atoms with van der Waals surface area (Å²) in [6, 6.07) is 7.82. The van der Waals surface area contributed by atoms with Gasteiger partial charge in [0.15, 0.2) is 5.69 Å². The van der Waals surface area contributed by atoms with Gasteiger partial charge in [-0.2, -0.15) is 5.10 Å². The monoisotopic (exact) mass is 287 g/mol. The molecule has 0 aliphatic carbocycles. The van der Waals surface area contributed by atoms with Crippen molar-refractivity contribution in [1.82, 2.24) is 9.78 Å². The molecule has 0 radical (unpaired) electrons. The van der Waals surface area contributed by atoms with Gasteiger partial charge in [-0.05, 0) is 18.6 Å². The third kappa shape index (κ3) is 2.44. The summed E-state index contributed by atoms with van der Waals surface area (Å²) >= 11 is 0. The Morgan fingerprint density at radius 2 is 2.29 bits per heavy atom. The van der Waals surface area contributed by atoms with Gasteiger partial charge < -0.3 is 15.2 Å². The minimum absolute atomic E-state index is 0.151. The van der Waals surface area contributed by atoms with Gasteiger partial charge in [-0.3, -0.25) is 4.68 Å². The molecule has 110 valence electrons. The van der Waals surface area contributed by atoms with E-state index in [1.165, 1.54) is 4.68 Å². The maximum absolute atomic E-state index is 12.1. The van der Waals surface area contributed by atoms with Crippen molar-refractivity contribution in [2.24, 2.45) is 7.05 Å². The number of esters is 1. The number of rotatable bonds is 3. The Morgan fingerprint density at radius 3 is 2.95 bits per heavy atom. The van der Waals surface area contributed by atoms with Crippen LogP contribution in [-0.4, -0.2) is 28.5 Å². The number of carbonyl (C=O) groups is 1. The molecule has 0 bridgehead atoms. The molecule has 2 aromatic rings. The molecule has 1 aromatic heterocycles. The van der Waals surface area contributed by atoms with Crippen LogP contribution < -0.4 is 10.5 Å². The number of fused-ring (bicyclic) bond motifs is 1. The molecule has 2 heterocycles. The van der Waals surface area contributed by atoms with Gasteiger partial charge >= 0.3 is 5.97 Å². The van der Waals surface area contributed by atoms with Crippen LogP contribution in [-0.2, 0) is 18.2 Å². The van der Waals surface area contributed by atoms with Crippen molar-refractivity contribution in [1.29, 1.82) is 0 Å². The summed E-state index contributed by atoms with van der Waals surface area (Å²) in [5.74, 6) is 0.379. The Kier molecular flexibility index (Phi) is 3.29. The highest BCUT2D eigenvalue weighted by Gasteiger charge is 2.25. The lowest BCUT2D eigenvalue weighted by Crippen LogP contribution is -2.24. The largest absolute Gasteiger partial charge is 0.486 e. The van der Waals surface area contributed by atoms with E-state index in [1.54, 1.807) is 14.0 Å². The van der Waals surface area contributed by atoms with Gasteiger partial charge in [0, 0.05) is 13.5 Å². The normalized spacial score (nSPS) is 16.4. The van der Waals surface area contributed by atoms with E-state index in [1.807, 2.05) is 24.3 Å². The highest BCUT2D eigenvalue weighted by molar-refractivity contribution is 5.93. The number of ether oxygens (including phenoxy) is 2. The minimum atomic E-state index is -0.477. The van der Waals surface area contributed by atoms with Crippen molar-refractivity contribution in [2.75, 3.05) is 12.3 Å². The number of hydrogen-bond acceptors (Lipinski definition) is 5. The molecular weight excluding hydrogens is 270 g/mol. The summed E-state index contributed by atoms with van der Waals surface area (Å²) < 4.78 is 12.5. The summed E-state index contributed by atoms with van der Waals surface area (Å²) in [7, 11) is 1.67. The van der Waals surface area contributed by atoms with Crippen LogP contribution in [0.25, 0.3) is 0 Å². The second kappa shape index (κ2) is 5.12. The molecule has 6 nitrogen and oxygen atoms in total. The number of para-hydroxylation sites is 1. The highest BCUT2D eigenvalue weighted by Crippen LogP contribution is 2.28. The summed E-state index contributed by atoms with van der Waals surface area (Å²) in [6.07, 6.45) is 0.588. The molecule has 6 heteroatoms. The number of hydrogen-bond donors (Lipinski definition) is 1. The first-order chi connectivity index (χ1) is 10.1. The first-order valence-electron chi connectivity index (χ1n) is 6.77. The Hall–Kier alpha value is -2.50. The SMILES string of the molecule is Cc1nn(C)c(C(=O)OCC2Cc3ccccc3O2)c1N. The van der Waals surface area contributed by atoms with E-state index in [2.05, 4.69) is 5.10 Å². The van der Waals surface area contributed by atoms with Gasteiger partial charge in [0.1, 0.15) is 18.5 Å². The molecule has 1 aliphatic rings. The number of nitrogens with zero attached hydrogens (tertiary/aromatic N) is 2. The van der Waals surface area contributed by atoms with Crippen molar-refractivity contribution in [3.8, 4) is 5.75 Å². The van der Waals surface area contributed by atoms with Crippen molar-refractivity contribution in [3.63, 3.8) is 0 Å². The van der Waals surface area contributed by atoms with Crippen molar-refractivity contribution in [2.45, 2.75) is 19.4 Å². The van der Waals surface area contributed by atoms with Crippen LogP contribution in [0.15, 0.2) is 24.3 Å². The number of carbonyl (C=O) groups excluding carboxylic acids is 1. The van der Waals surface area contributed by atoms with E-state index in [4.69, 9.17) is 15.2 Å². The summed E-state index contributed by atoms with van der Waals surface area (Å²) in [5.41, 5.74) is 8.23. The number of benzene rings is 1. The van der Waals surface area contributed by atoms with Gasteiger partial charge in [-0.1, -0.05) is 18.2 Å². The zero-order valence-corrected chi connectivity index (χ0v) is 12.0. The van der Waals surface area contributed by atoms with Crippen LogP contribution in [0.5, 0.6) is 5.75 Å². The van der Waals surface area contributed by atoms with E-state index >= 15 is 0 Å². The van der Waals surface area contributed by atoms with Crippen LogP contribution in [0, 0.1) is 6.92 Å². The van der Waals surface area contributed by atoms with Gasteiger partial charge in [0.25, 0.3) is 0 Å². The molecule has 1 atom stereocenters. The molecule has 0 fully saturated rings. The van der Waals surface area contributed by atoms with E-state index in [0.717, 1.165) is 17.7 Å². The molecule has 1 aliphatic heterocycles. The molecule has 2 N–H and O–H groups in total. The molecule has 1 unspecified atom stereocenters. The molecule has 1 aromatic carbocycles. The zero-order chi connectivity index (χ0) is 15.0. The lowest BCUT2D eigenvalue weighted by molar-refractivity contribution is 0.0336. The van der Waals surface area contributed by atoms with Crippen LogP contribution in [0.4, 0.5) is 5.69 Å². The van der Waals surface area contributed by atoms with Gasteiger partial charge in [-0.15, -0.1) is 0 Å². The Morgan fingerprint density at radius 1 is 1.52 bits per heavy atom. The van der Waals surface area contributed by atoms with Gasteiger partial charge in [0.2, 0.25) is 0 Å². The number of nitrogen functional groups attached to an aromatic ring is 1. The molecule has 21 heavy (non-hydrogen) atoms. The lowest BCUT2D eigenvalue weighted by atomic mass is 10.1. The lowest BCUT2D eigenvalue weighted by Gasteiger charge is -2.11. The van der Waals surface area contributed by atoms with E-state index in [9.17, 15) is 4.79 Å². The van der Waals surface area contributed by atoms with Crippen molar-refractivity contribution < 1.29 is 14.3 Å². The summed E-state index contributed by atoms with van der Waals surface area (Å²) in [4.78, 5) is 12.1. The number of nitrogens with two attached hydrogens (primary N) is 1. The first-order valence-corrected chi connectivity index (χ1v) is 6.77. The predicted molar refractivity (Wildman–Crippen MR) is 77.2 cm³/mol. The maximum Gasteiger partial charge on any atom is 0.358 e. The molecule has 0 saturated carbocycles. The standard InChI is InChI=1S/C15H17N3O3/c1-9-13(16)14(18(2)17-9)15(19)20-8-11-7-10-5-3-4-6-12(10)21-11/h3-6,11H,7-8,16H2,1-2H3. The first kappa shape index (κ1) is 13.5. The van der Waals surface area contributed by atoms with Gasteiger partial charge in [-0.25, -0.2) is 4.79 Å². The molecule has 0 saturated heterocycles.